The third-order valence-electron chi connectivity index (χ3n) is 5.20. The second kappa shape index (κ2) is 9.92. The van der Waals surface area contributed by atoms with Crippen LogP contribution in [0.3, 0.4) is 0 Å². The van der Waals surface area contributed by atoms with Gasteiger partial charge in [0.1, 0.15) is 11.5 Å². The second-order valence-corrected chi connectivity index (χ2v) is 7.91. The van der Waals surface area contributed by atoms with E-state index in [1.807, 2.05) is 75.4 Å². The number of benzene rings is 3. The maximum absolute atomic E-state index is 13.5. The molecule has 0 saturated carbocycles. The highest BCUT2D eigenvalue weighted by Gasteiger charge is 2.33. The van der Waals surface area contributed by atoms with Crippen molar-refractivity contribution in [2.75, 3.05) is 18.1 Å². The monoisotopic (exact) mass is 460 g/mol. The van der Waals surface area contributed by atoms with Gasteiger partial charge in [0.15, 0.2) is 11.5 Å². The van der Waals surface area contributed by atoms with Gasteiger partial charge in [-0.25, -0.2) is 4.99 Å². The minimum absolute atomic E-state index is 0.206. The molecule has 3 aromatic carbocycles. The Morgan fingerprint density at radius 3 is 2.33 bits per heavy atom. The maximum Gasteiger partial charge on any atom is 0.282 e. The average molecular weight is 461 g/mol. The third-order valence-corrected chi connectivity index (χ3v) is 5.45. The maximum atomic E-state index is 13.5. The number of hydrogen-bond donors (Lipinski definition) is 0. The molecular formula is C27H25ClN2O3. The molecular weight excluding hydrogens is 436 g/mol. The number of rotatable bonds is 7. The van der Waals surface area contributed by atoms with Crippen molar-refractivity contribution in [1.29, 1.82) is 0 Å². The summed E-state index contributed by atoms with van der Waals surface area (Å²) < 4.78 is 11.4. The molecule has 0 fully saturated rings. The largest absolute Gasteiger partial charge is 0.490 e. The first-order valence-electron chi connectivity index (χ1n) is 10.9. The zero-order valence-corrected chi connectivity index (χ0v) is 19.6. The second-order valence-electron chi connectivity index (χ2n) is 7.47. The fraction of sp³-hybridized carbons (Fsp3) is 0.185. The zero-order chi connectivity index (χ0) is 23.4. The Morgan fingerprint density at radius 2 is 1.64 bits per heavy atom. The molecule has 0 N–H and O–H groups in total. The Bertz CT molecular complexity index is 1230. The summed E-state index contributed by atoms with van der Waals surface area (Å²) in [6.07, 6.45) is 1.77. The van der Waals surface area contributed by atoms with Crippen LogP contribution >= 0.6 is 11.6 Å². The van der Waals surface area contributed by atoms with Crippen molar-refractivity contribution >= 4 is 35.1 Å². The predicted octanol–water partition coefficient (Wildman–Crippen LogP) is 6.28. The molecule has 1 amide bonds. The third kappa shape index (κ3) is 4.78. The van der Waals surface area contributed by atoms with E-state index in [4.69, 9.17) is 26.1 Å². The Morgan fingerprint density at radius 1 is 0.939 bits per heavy atom. The van der Waals surface area contributed by atoms with Crippen LogP contribution in [-0.4, -0.2) is 25.0 Å². The molecule has 1 heterocycles. The van der Waals surface area contributed by atoms with Gasteiger partial charge in [-0.3, -0.25) is 9.69 Å². The number of carbonyl (C=O) groups excluding carboxylic acids is 1. The number of amidine groups is 1. The number of nitrogens with zero attached hydrogens (tertiary/aromatic N) is 2. The van der Waals surface area contributed by atoms with Crippen LogP contribution in [0, 0.1) is 6.92 Å². The van der Waals surface area contributed by atoms with Crippen molar-refractivity contribution in [3.63, 3.8) is 0 Å². The van der Waals surface area contributed by atoms with E-state index in [9.17, 15) is 4.79 Å². The van der Waals surface area contributed by atoms with Gasteiger partial charge in [0.2, 0.25) is 0 Å². The van der Waals surface area contributed by atoms with E-state index in [0.29, 0.717) is 47.0 Å². The van der Waals surface area contributed by atoms with Crippen LogP contribution in [0.15, 0.2) is 77.4 Å². The summed E-state index contributed by atoms with van der Waals surface area (Å²) in [4.78, 5) is 19.9. The van der Waals surface area contributed by atoms with Crippen LogP contribution < -0.4 is 14.4 Å². The summed E-state index contributed by atoms with van der Waals surface area (Å²) in [6, 6.07) is 20.7. The first kappa shape index (κ1) is 22.6. The van der Waals surface area contributed by atoms with Crippen molar-refractivity contribution in [3.05, 3.63) is 94.1 Å². The zero-order valence-electron chi connectivity index (χ0n) is 18.8. The molecule has 5 nitrogen and oxygen atoms in total. The summed E-state index contributed by atoms with van der Waals surface area (Å²) in [7, 11) is 0. The Kier molecular flexibility index (Phi) is 6.80. The number of hydrogen-bond acceptors (Lipinski definition) is 4. The van der Waals surface area contributed by atoms with Crippen molar-refractivity contribution in [2.45, 2.75) is 20.8 Å². The summed E-state index contributed by atoms with van der Waals surface area (Å²) in [6.45, 7) is 6.91. The number of halogens is 1. The lowest BCUT2D eigenvalue weighted by atomic mass is 10.1. The molecule has 168 valence electrons. The highest BCUT2D eigenvalue weighted by atomic mass is 35.5. The molecule has 0 radical (unpaired) electrons. The minimum atomic E-state index is -0.206. The van der Waals surface area contributed by atoms with E-state index in [-0.39, 0.29) is 5.91 Å². The number of aliphatic imine (C=N–C) groups is 1. The van der Waals surface area contributed by atoms with Gasteiger partial charge in [0, 0.05) is 10.6 Å². The molecule has 0 atom stereocenters. The van der Waals surface area contributed by atoms with Crippen LogP contribution in [-0.2, 0) is 4.79 Å². The molecule has 0 saturated heterocycles. The number of aryl methyl sites for hydroxylation is 1. The highest BCUT2D eigenvalue weighted by Crippen LogP contribution is 2.32. The lowest BCUT2D eigenvalue weighted by molar-refractivity contribution is -0.113. The summed E-state index contributed by atoms with van der Waals surface area (Å²) in [5, 5.41) is 0.605. The Balaban J connectivity index is 1.79. The average Bonchev–Trinajstić information content (AvgIpc) is 3.12. The molecule has 33 heavy (non-hydrogen) atoms. The van der Waals surface area contributed by atoms with Crippen LogP contribution in [0.25, 0.3) is 6.08 Å². The Labute approximate surface area is 198 Å². The number of anilines is 1. The van der Waals surface area contributed by atoms with Crippen LogP contribution in [0.5, 0.6) is 11.5 Å². The molecule has 0 aromatic heterocycles. The molecule has 1 aliphatic rings. The van der Waals surface area contributed by atoms with Gasteiger partial charge in [0.25, 0.3) is 5.91 Å². The van der Waals surface area contributed by atoms with Gasteiger partial charge in [-0.05, 0) is 74.4 Å². The predicted molar refractivity (Wildman–Crippen MR) is 133 cm³/mol. The van der Waals surface area contributed by atoms with E-state index >= 15 is 0 Å². The topological polar surface area (TPSA) is 51.1 Å². The lowest BCUT2D eigenvalue weighted by Gasteiger charge is -2.19. The molecule has 0 bridgehead atoms. The Hall–Kier alpha value is -3.57. The molecule has 0 aliphatic carbocycles. The number of carbonyl (C=O) groups is 1. The van der Waals surface area contributed by atoms with Crippen LogP contribution in [0.2, 0.25) is 5.02 Å². The van der Waals surface area contributed by atoms with Gasteiger partial charge in [0.05, 0.1) is 18.9 Å². The normalized spacial score (nSPS) is 14.5. The van der Waals surface area contributed by atoms with Gasteiger partial charge in [-0.1, -0.05) is 41.9 Å². The van der Waals surface area contributed by atoms with Crippen LogP contribution in [0.1, 0.15) is 30.5 Å². The fourth-order valence-electron chi connectivity index (χ4n) is 3.67. The minimum Gasteiger partial charge on any atom is -0.490 e. The van der Waals surface area contributed by atoms with E-state index in [1.54, 1.807) is 23.1 Å². The van der Waals surface area contributed by atoms with Crippen molar-refractivity contribution < 1.29 is 14.3 Å². The van der Waals surface area contributed by atoms with E-state index in [1.165, 1.54) is 0 Å². The van der Waals surface area contributed by atoms with E-state index in [0.717, 1.165) is 16.7 Å². The fourth-order valence-corrected chi connectivity index (χ4v) is 3.79. The molecule has 0 unspecified atom stereocenters. The van der Waals surface area contributed by atoms with Gasteiger partial charge >= 0.3 is 0 Å². The molecule has 3 aromatic rings. The SMILES string of the molecule is CCOc1ccc(C=C2N=C(c3ccccc3C)N(c3ccc(Cl)cc3)C2=O)cc1OCC. The molecule has 0 spiro atoms. The van der Waals surface area contributed by atoms with Crippen molar-refractivity contribution in [2.24, 2.45) is 4.99 Å². The molecule has 6 heteroatoms. The summed E-state index contributed by atoms with van der Waals surface area (Å²) >= 11 is 6.08. The standard InChI is InChI=1S/C27H25ClN2O3/c1-4-32-24-15-10-19(17-25(24)33-5-2)16-23-27(31)30(21-13-11-20(28)12-14-21)26(29-23)22-9-7-6-8-18(22)3/h6-17H,4-5H2,1-3H3. The smallest absolute Gasteiger partial charge is 0.282 e. The van der Waals surface area contributed by atoms with Crippen molar-refractivity contribution in [3.8, 4) is 11.5 Å². The summed E-state index contributed by atoms with van der Waals surface area (Å²) in [5.41, 5.74) is 3.78. The first-order valence-corrected chi connectivity index (χ1v) is 11.3. The van der Waals surface area contributed by atoms with Crippen molar-refractivity contribution in [1.82, 2.24) is 0 Å². The van der Waals surface area contributed by atoms with Gasteiger partial charge in [-0.2, -0.15) is 0 Å². The van der Waals surface area contributed by atoms with Gasteiger partial charge < -0.3 is 9.47 Å². The van der Waals surface area contributed by atoms with E-state index in [2.05, 4.69) is 0 Å². The first-order chi connectivity index (χ1) is 16.0. The van der Waals surface area contributed by atoms with E-state index < -0.39 is 0 Å². The van der Waals surface area contributed by atoms with Crippen LogP contribution in [0.4, 0.5) is 5.69 Å². The molecule has 1 aliphatic heterocycles. The van der Waals surface area contributed by atoms with Gasteiger partial charge in [-0.15, -0.1) is 0 Å². The number of ether oxygens (including phenoxy) is 2. The highest BCUT2D eigenvalue weighted by molar-refractivity contribution is 6.34. The molecule has 4 rings (SSSR count). The lowest BCUT2D eigenvalue weighted by Crippen LogP contribution is -2.33. The summed E-state index contributed by atoms with van der Waals surface area (Å²) in [5.74, 6) is 1.69. The number of amides is 1. The quantitative estimate of drug-likeness (QED) is 0.390.